The highest BCUT2D eigenvalue weighted by atomic mass is 16.6. The smallest absolute Gasteiger partial charge is 0.303 e. The third kappa shape index (κ3) is 4.87. The number of likely N-dealkylation sites (tertiary alicyclic amines) is 1. The average molecular weight is 541 g/mol. The minimum atomic E-state index is -0.651. The number of fused-ring (bicyclic) bond motifs is 2. The summed E-state index contributed by atoms with van der Waals surface area (Å²) in [5.41, 5.74) is 0.763. The first-order valence-electron chi connectivity index (χ1n) is 14.6. The maximum Gasteiger partial charge on any atom is 0.303 e. The number of esters is 1. The first-order valence-corrected chi connectivity index (χ1v) is 14.6. The molecule has 1 saturated heterocycles. The van der Waals surface area contributed by atoms with Crippen LogP contribution in [0.3, 0.4) is 0 Å². The fourth-order valence-electron chi connectivity index (χ4n) is 7.42. The SMILES string of the molecule is COc1cccc(C23CCN(CC4CC4)CC2(OC(C)=O)CCC(N(C)C(=O)c2ccc4ccccc4c2)C3)c1. The molecule has 0 N–H and O–H groups in total. The van der Waals surface area contributed by atoms with Crippen molar-refractivity contribution in [3.05, 3.63) is 77.9 Å². The van der Waals surface area contributed by atoms with Crippen LogP contribution in [0.15, 0.2) is 66.7 Å². The van der Waals surface area contributed by atoms with Crippen LogP contribution in [0.4, 0.5) is 0 Å². The van der Waals surface area contributed by atoms with Crippen molar-refractivity contribution in [3.8, 4) is 5.75 Å². The predicted octanol–water partition coefficient (Wildman–Crippen LogP) is 5.83. The van der Waals surface area contributed by atoms with Crippen molar-refractivity contribution in [2.24, 2.45) is 5.92 Å². The zero-order valence-electron chi connectivity index (χ0n) is 23.9. The number of ether oxygens (including phenoxy) is 2. The van der Waals surface area contributed by atoms with Crippen LogP contribution < -0.4 is 4.74 Å². The van der Waals surface area contributed by atoms with Gasteiger partial charge in [-0.2, -0.15) is 0 Å². The Bertz CT molecular complexity index is 1420. The Labute approximate surface area is 237 Å². The molecule has 2 saturated carbocycles. The monoisotopic (exact) mass is 540 g/mol. The Morgan fingerprint density at radius 3 is 2.52 bits per heavy atom. The third-order valence-electron chi connectivity index (χ3n) is 9.71. The molecule has 6 rings (SSSR count). The molecule has 40 heavy (non-hydrogen) atoms. The molecule has 1 aliphatic heterocycles. The van der Waals surface area contributed by atoms with E-state index in [2.05, 4.69) is 23.1 Å². The topological polar surface area (TPSA) is 59.1 Å². The molecule has 3 aliphatic rings. The van der Waals surface area contributed by atoms with Crippen molar-refractivity contribution in [2.45, 2.75) is 62.5 Å². The largest absolute Gasteiger partial charge is 0.497 e. The fraction of sp³-hybridized carbons (Fsp3) is 0.471. The van der Waals surface area contributed by atoms with Crippen LogP contribution in [0.5, 0.6) is 5.75 Å². The van der Waals surface area contributed by atoms with E-state index in [1.165, 1.54) is 19.8 Å². The van der Waals surface area contributed by atoms with Gasteiger partial charge in [-0.05, 0) is 91.6 Å². The van der Waals surface area contributed by atoms with Gasteiger partial charge in [0.15, 0.2) is 0 Å². The second kappa shape index (κ2) is 10.5. The molecule has 3 aromatic rings. The van der Waals surface area contributed by atoms with E-state index < -0.39 is 11.0 Å². The second-order valence-electron chi connectivity index (χ2n) is 12.2. The molecule has 210 valence electrons. The Hall–Kier alpha value is -3.38. The number of hydrogen-bond donors (Lipinski definition) is 0. The van der Waals surface area contributed by atoms with Crippen molar-refractivity contribution >= 4 is 22.6 Å². The highest BCUT2D eigenvalue weighted by Gasteiger charge is 2.61. The van der Waals surface area contributed by atoms with Crippen LogP contribution in [0, 0.1) is 5.92 Å². The summed E-state index contributed by atoms with van der Waals surface area (Å²) < 4.78 is 12.1. The van der Waals surface area contributed by atoms with E-state index in [-0.39, 0.29) is 17.9 Å². The highest BCUT2D eigenvalue weighted by molar-refractivity contribution is 5.98. The highest BCUT2D eigenvalue weighted by Crippen LogP contribution is 2.55. The summed E-state index contributed by atoms with van der Waals surface area (Å²) in [6, 6.07) is 22.4. The van der Waals surface area contributed by atoms with Crippen LogP contribution in [-0.4, -0.2) is 67.1 Å². The fourth-order valence-corrected chi connectivity index (χ4v) is 7.42. The molecule has 3 aromatic carbocycles. The Morgan fingerprint density at radius 2 is 1.77 bits per heavy atom. The van der Waals surface area contributed by atoms with E-state index in [0.29, 0.717) is 12.0 Å². The van der Waals surface area contributed by atoms with Gasteiger partial charge in [-0.25, -0.2) is 0 Å². The van der Waals surface area contributed by atoms with E-state index >= 15 is 0 Å². The first kappa shape index (κ1) is 26.8. The Kier molecular flexibility index (Phi) is 7.07. The van der Waals surface area contributed by atoms with Gasteiger partial charge in [-0.15, -0.1) is 0 Å². The number of rotatable bonds is 7. The maximum atomic E-state index is 13.8. The number of carbonyl (C=O) groups excluding carboxylic acids is 2. The number of amides is 1. The molecule has 6 heteroatoms. The lowest BCUT2D eigenvalue weighted by molar-refractivity contribution is -0.188. The van der Waals surface area contributed by atoms with E-state index in [1.807, 2.05) is 60.5 Å². The minimum Gasteiger partial charge on any atom is -0.497 e. The zero-order valence-corrected chi connectivity index (χ0v) is 23.9. The standard InChI is InChI=1S/C34H40N2O4/c1-24(37)40-34-16-15-30(35(2)32(38)28-14-13-26-7-4-5-8-27(26)19-28)21-33(34,29-9-6-10-31(20-29)39-3)17-18-36(23-34)22-25-11-12-25/h4-10,13-14,19-20,25,30H,11-12,15-18,21-23H2,1-3H3. The molecule has 1 amide bonds. The lowest BCUT2D eigenvalue weighted by atomic mass is 9.55. The lowest BCUT2D eigenvalue weighted by Crippen LogP contribution is -2.68. The van der Waals surface area contributed by atoms with Crippen molar-refractivity contribution in [3.63, 3.8) is 0 Å². The average Bonchev–Trinajstić information content (AvgIpc) is 3.79. The van der Waals surface area contributed by atoms with Gasteiger partial charge in [-0.3, -0.25) is 14.5 Å². The van der Waals surface area contributed by atoms with E-state index in [1.54, 1.807) is 7.11 Å². The molecular formula is C34H40N2O4. The summed E-state index contributed by atoms with van der Waals surface area (Å²) in [5.74, 6) is 1.36. The van der Waals surface area contributed by atoms with Gasteiger partial charge in [0.05, 0.1) is 7.11 Å². The predicted molar refractivity (Wildman–Crippen MR) is 157 cm³/mol. The molecule has 0 aromatic heterocycles. The van der Waals surface area contributed by atoms with E-state index in [9.17, 15) is 9.59 Å². The van der Waals surface area contributed by atoms with Crippen LogP contribution in [0.25, 0.3) is 10.8 Å². The van der Waals surface area contributed by atoms with Gasteiger partial charge in [-0.1, -0.05) is 42.5 Å². The molecule has 2 aliphatic carbocycles. The van der Waals surface area contributed by atoms with Crippen LogP contribution in [-0.2, 0) is 14.9 Å². The summed E-state index contributed by atoms with van der Waals surface area (Å²) in [5, 5.41) is 2.19. The van der Waals surface area contributed by atoms with Crippen LogP contribution >= 0.6 is 0 Å². The van der Waals surface area contributed by atoms with Gasteiger partial charge in [0.1, 0.15) is 11.4 Å². The molecule has 6 nitrogen and oxygen atoms in total. The molecule has 0 bridgehead atoms. The van der Waals surface area contributed by atoms with Gasteiger partial charge in [0.2, 0.25) is 0 Å². The lowest BCUT2D eigenvalue weighted by Gasteiger charge is -2.60. The third-order valence-corrected chi connectivity index (χ3v) is 9.71. The molecule has 1 heterocycles. The van der Waals surface area contributed by atoms with Crippen molar-refractivity contribution < 1.29 is 19.1 Å². The van der Waals surface area contributed by atoms with Crippen molar-refractivity contribution in [1.82, 2.24) is 9.80 Å². The Balaban J connectivity index is 1.36. The van der Waals surface area contributed by atoms with E-state index in [4.69, 9.17) is 9.47 Å². The number of nitrogens with zero attached hydrogens (tertiary/aromatic N) is 2. The number of methoxy groups -OCH3 is 1. The number of carbonyl (C=O) groups is 2. The molecule has 3 unspecified atom stereocenters. The van der Waals surface area contributed by atoms with Gasteiger partial charge >= 0.3 is 5.97 Å². The zero-order chi connectivity index (χ0) is 27.9. The summed E-state index contributed by atoms with van der Waals surface area (Å²) in [7, 11) is 3.62. The summed E-state index contributed by atoms with van der Waals surface area (Å²) in [6.07, 6.45) is 5.69. The normalized spacial score (nSPS) is 26.6. The number of benzene rings is 3. The van der Waals surface area contributed by atoms with Crippen LogP contribution in [0.2, 0.25) is 0 Å². The number of piperidine rings is 1. The maximum absolute atomic E-state index is 13.8. The number of hydrogen-bond acceptors (Lipinski definition) is 5. The van der Waals surface area contributed by atoms with Crippen molar-refractivity contribution in [1.29, 1.82) is 0 Å². The van der Waals surface area contributed by atoms with Crippen LogP contribution in [0.1, 0.15) is 61.4 Å². The first-order chi connectivity index (χ1) is 19.3. The summed E-state index contributed by atoms with van der Waals surface area (Å²) in [4.78, 5) is 31.0. The van der Waals surface area contributed by atoms with Gasteiger partial charge < -0.3 is 14.4 Å². The molecule has 3 fully saturated rings. The van der Waals surface area contributed by atoms with E-state index in [0.717, 1.165) is 66.9 Å². The van der Waals surface area contributed by atoms with Crippen molar-refractivity contribution in [2.75, 3.05) is 33.8 Å². The minimum absolute atomic E-state index is 0.0174. The molecule has 3 atom stereocenters. The Morgan fingerprint density at radius 1 is 0.975 bits per heavy atom. The quantitative estimate of drug-likeness (QED) is 0.353. The summed E-state index contributed by atoms with van der Waals surface area (Å²) >= 11 is 0. The van der Waals surface area contributed by atoms with Gasteiger partial charge in [0, 0.05) is 44.1 Å². The molecular weight excluding hydrogens is 500 g/mol. The molecule has 0 spiro atoms. The molecule has 0 radical (unpaired) electrons. The summed E-state index contributed by atoms with van der Waals surface area (Å²) in [6.45, 7) is 4.29. The second-order valence-corrected chi connectivity index (χ2v) is 12.2. The van der Waals surface area contributed by atoms with Gasteiger partial charge in [0.25, 0.3) is 5.91 Å².